The van der Waals surface area contributed by atoms with E-state index < -0.39 is 0 Å². The van der Waals surface area contributed by atoms with Crippen LogP contribution in [0.4, 0.5) is 4.39 Å². The number of rotatable bonds is 1. The summed E-state index contributed by atoms with van der Waals surface area (Å²) in [5.41, 5.74) is 0.756. The third-order valence-corrected chi connectivity index (χ3v) is 3.62. The van der Waals surface area contributed by atoms with E-state index in [1.807, 2.05) is 12.1 Å². The summed E-state index contributed by atoms with van der Waals surface area (Å²) < 4.78 is 25.5. The van der Waals surface area contributed by atoms with Crippen molar-refractivity contribution >= 4 is 0 Å². The van der Waals surface area contributed by atoms with Gasteiger partial charge in [-0.1, -0.05) is 6.07 Å². The number of halogens is 1. The van der Waals surface area contributed by atoms with E-state index in [0.29, 0.717) is 24.7 Å². The zero-order valence-corrected chi connectivity index (χ0v) is 10.4. The van der Waals surface area contributed by atoms with E-state index >= 15 is 0 Å². The van der Waals surface area contributed by atoms with Crippen molar-refractivity contribution in [2.45, 2.75) is 25.2 Å². The Morgan fingerprint density at radius 2 is 2.06 bits per heavy atom. The minimum Gasteiger partial charge on any atom is -0.489 e. The summed E-state index contributed by atoms with van der Waals surface area (Å²) in [6.07, 6.45) is 2.93. The molecule has 2 heterocycles. The zero-order valence-electron chi connectivity index (χ0n) is 10.4. The van der Waals surface area contributed by atoms with Crippen molar-refractivity contribution in [1.82, 2.24) is 5.32 Å². The molecule has 0 saturated carbocycles. The molecule has 98 valence electrons. The summed E-state index contributed by atoms with van der Waals surface area (Å²) in [4.78, 5) is 0. The van der Waals surface area contributed by atoms with Crippen LogP contribution in [-0.4, -0.2) is 26.3 Å². The van der Waals surface area contributed by atoms with E-state index in [0.717, 1.165) is 37.9 Å². The van der Waals surface area contributed by atoms with Gasteiger partial charge in [0.05, 0.1) is 13.2 Å². The normalized spacial score (nSPS) is 23.5. The molecule has 0 aromatic heterocycles. The summed E-state index contributed by atoms with van der Waals surface area (Å²) in [7, 11) is 0. The van der Waals surface area contributed by atoms with Gasteiger partial charge in [0.15, 0.2) is 17.3 Å². The Balaban J connectivity index is 1.93. The van der Waals surface area contributed by atoms with E-state index in [1.54, 1.807) is 0 Å². The fourth-order valence-electron chi connectivity index (χ4n) is 2.65. The maximum atomic E-state index is 14.5. The van der Waals surface area contributed by atoms with Crippen LogP contribution in [0.25, 0.3) is 0 Å². The van der Waals surface area contributed by atoms with Gasteiger partial charge in [0.25, 0.3) is 0 Å². The zero-order chi connectivity index (χ0) is 12.4. The summed E-state index contributed by atoms with van der Waals surface area (Å²) in [5.74, 6) is 0.854. The number of piperidine rings is 1. The lowest BCUT2D eigenvalue weighted by Crippen LogP contribution is -2.28. The fraction of sp³-hybridized carbons (Fsp3) is 0.571. The van der Waals surface area contributed by atoms with Crippen molar-refractivity contribution in [3.8, 4) is 11.5 Å². The molecule has 18 heavy (non-hydrogen) atoms. The average molecular weight is 251 g/mol. The van der Waals surface area contributed by atoms with Gasteiger partial charge in [0.2, 0.25) is 0 Å². The molecule has 1 N–H and O–H groups in total. The maximum Gasteiger partial charge on any atom is 0.197 e. The van der Waals surface area contributed by atoms with Crippen molar-refractivity contribution in [3.05, 3.63) is 23.5 Å². The molecule has 3 rings (SSSR count). The topological polar surface area (TPSA) is 30.5 Å². The first kappa shape index (κ1) is 11.8. The van der Waals surface area contributed by atoms with Crippen LogP contribution in [-0.2, 0) is 0 Å². The van der Waals surface area contributed by atoms with Crippen molar-refractivity contribution in [3.63, 3.8) is 0 Å². The molecule has 1 unspecified atom stereocenters. The van der Waals surface area contributed by atoms with Crippen LogP contribution < -0.4 is 14.8 Å². The van der Waals surface area contributed by atoms with Crippen LogP contribution in [0.3, 0.4) is 0 Å². The molecule has 2 aliphatic heterocycles. The highest BCUT2D eigenvalue weighted by molar-refractivity contribution is 5.46. The van der Waals surface area contributed by atoms with Gasteiger partial charge in [-0.3, -0.25) is 0 Å². The van der Waals surface area contributed by atoms with Gasteiger partial charge in [0.1, 0.15) is 0 Å². The van der Waals surface area contributed by atoms with Crippen LogP contribution in [0.1, 0.15) is 30.7 Å². The number of hydrogen-bond acceptors (Lipinski definition) is 3. The van der Waals surface area contributed by atoms with Gasteiger partial charge in [-0.05, 0) is 36.9 Å². The molecule has 1 fully saturated rings. The Bertz CT molecular complexity index is 430. The lowest BCUT2D eigenvalue weighted by atomic mass is 9.91. The maximum absolute atomic E-state index is 14.5. The Morgan fingerprint density at radius 3 is 2.89 bits per heavy atom. The molecule has 0 aliphatic carbocycles. The van der Waals surface area contributed by atoms with Gasteiger partial charge in [-0.25, -0.2) is 4.39 Å². The average Bonchev–Trinajstić information content (AvgIpc) is 2.66. The summed E-state index contributed by atoms with van der Waals surface area (Å²) in [5, 5.41) is 3.31. The predicted octanol–water partition coefficient (Wildman–Crippen LogP) is 2.45. The van der Waals surface area contributed by atoms with E-state index in [1.165, 1.54) is 0 Å². The number of ether oxygens (including phenoxy) is 2. The Kier molecular flexibility index (Phi) is 3.37. The smallest absolute Gasteiger partial charge is 0.197 e. The number of hydrogen-bond donors (Lipinski definition) is 1. The minimum atomic E-state index is -0.233. The number of benzene rings is 1. The van der Waals surface area contributed by atoms with Gasteiger partial charge in [-0.2, -0.15) is 0 Å². The fourth-order valence-corrected chi connectivity index (χ4v) is 2.65. The second-order valence-corrected chi connectivity index (χ2v) is 4.89. The molecular weight excluding hydrogens is 233 g/mol. The Morgan fingerprint density at radius 1 is 1.17 bits per heavy atom. The molecule has 1 atom stereocenters. The predicted molar refractivity (Wildman–Crippen MR) is 66.9 cm³/mol. The second-order valence-electron chi connectivity index (χ2n) is 4.89. The van der Waals surface area contributed by atoms with Crippen LogP contribution in [0.15, 0.2) is 12.1 Å². The standard InChI is InChI=1S/C14H18FNO2/c15-13-11(10-3-1-6-16-9-10)4-5-12-14(13)18-8-2-7-17-12/h4-5,10,16H,1-3,6-9H2. The molecule has 0 radical (unpaired) electrons. The third kappa shape index (κ3) is 2.17. The first-order valence-corrected chi connectivity index (χ1v) is 6.65. The molecule has 0 spiro atoms. The monoisotopic (exact) mass is 251 g/mol. The number of fused-ring (bicyclic) bond motifs is 1. The highest BCUT2D eigenvalue weighted by atomic mass is 19.1. The van der Waals surface area contributed by atoms with E-state index in [9.17, 15) is 4.39 Å². The lowest BCUT2D eigenvalue weighted by Gasteiger charge is -2.24. The second kappa shape index (κ2) is 5.14. The van der Waals surface area contributed by atoms with E-state index in [4.69, 9.17) is 9.47 Å². The molecule has 0 amide bonds. The summed E-state index contributed by atoms with van der Waals surface area (Å²) in [6.45, 7) is 2.99. The molecule has 1 saturated heterocycles. The summed E-state index contributed by atoms with van der Waals surface area (Å²) >= 11 is 0. The SMILES string of the molecule is Fc1c(C2CCCNC2)ccc2c1OCCCO2. The van der Waals surface area contributed by atoms with Gasteiger partial charge in [-0.15, -0.1) is 0 Å². The number of nitrogens with one attached hydrogen (secondary N) is 1. The largest absolute Gasteiger partial charge is 0.489 e. The molecule has 4 heteroatoms. The molecule has 1 aromatic rings. The quantitative estimate of drug-likeness (QED) is 0.831. The van der Waals surface area contributed by atoms with Crippen LogP contribution >= 0.6 is 0 Å². The third-order valence-electron chi connectivity index (χ3n) is 3.62. The van der Waals surface area contributed by atoms with Crippen molar-refractivity contribution < 1.29 is 13.9 Å². The highest BCUT2D eigenvalue weighted by Gasteiger charge is 2.24. The molecule has 0 bridgehead atoms. The van der Waals surface area contributed by atoms with E-state index in [2.05, 4.69) is 5.32 Å². The summed E-state index contributed by atoms with van der Waals surface area (Å²) in [6, 6.07) is 3.69. The first-order valence-electron chi connectivity index (χ1n) is 6.65. The van der Waals surface area contributed by atoms with Crippen molar-refractivity contribution in [1.29, 1.82) is 0 Å². The van der Waals surface area contributed by atoms with Crippen LogP contribution in [0.5, 0.6) is 11.5 Å². The molecule has 1 aromatic carbocycles. The van der Waals surface area contributed by atoms with E-state index in [-0.39, 0.29) is 11.7 Å². The Hall–Kier alpha value is -1.29. The molecule has 2 aliphatic rings. The Labute approximate surface area is 106 Å². The first-order chi connectivity index (χ1) is 8.86. The van der Waals surface area contributed by atoms with Crippen molar-refractivity contribution in [2.24, 2.45) is 0 Å². The molecular formula is C14H18FNO2. The van der Waals surface area contributed by atoms with Crippen LogP contribution in [0, 0.1) is 5.82 Å². The minimum absolute atomic E-state index is 0.233. The van der Waals surface area contributed by atoms with Gasteiger partial charge >= 0.3 is 0 Å². The highest BCUT2D eigenvalue weighted by Crippen LogP contribution is 2.38. The van der Waals surface area contributed by atoms with Crippen molar-refractivity contribution in [2.75, 3.05) is 26.3 Å². The van der Waals surface area contributed by atoms with Crippen LogP contribution in [0.2, 0.25) is 0 Å². The molecule has 3 nitrogen and oxygen atoms in total. The lowest BCUT2D eigenvalue weighted by molar-refractivity contribution is 0.291. The van der Waals surface area contributed by atoms with Gasteiger partial charge in [0, 0.05) is 13.0 Å². The van der Waals surface area contributed by atoms with Gasteiger partial charge < -0.3 is 14.8 Å².